The molecule has 1 aromatic heterocycles. The number of carbonyl (C=O) groups excluding carboxylic acids is 1. The normalized spacial score (nSPS) is 14.2. The largest absolute Gasteiger partial charge is 0.352 e. The van der Waals surface area contributed by atoms with Crippen LogP contribution in [0.15, 0.2) is 40.4 Å². The first kappa shape index (κ1) is 17.6. The van der Waals surface area contributed by atoms with Gasteiger partial charge in [0.05, 0.1) is 0 Å². The van der Waals surface area contributed by atoms with Crippen LogP contribution >= 0.6 is 11.6 Å². The number of amides is 1. The minimum atomic E-state index is 0.0527. The van der Waals surface area contributed by atoms with Gasteiger partial charge in [0, 0.05) is 36.5 Å². The Morgan fingerprint density at radius 3 is 2.92 bits per heavy atom. The Labute approximate surface area is 151 Å². The number of rotatable bonds is 7. The third-order valence-electron chi connectivity index (χ3n) is 4.04. The summed E-state index contributed by atoms with van der Waals surface area (Å²) in [5.41, 5.74) is 2.14. The molecule has 0 radical (unpaired) electrons. The summed E-state index contributed by atoms with van der Waals surface area (Å²) in [6.07, 6.45) is 4.84. The summed E-state index contributed by atoms with van der Waals surface area (Å²) in [6, 6.07) is 7.27. The van der Waals surface area contributed by atoms with Gasteiger partial charge in [-0.3, -0.25) is 4.79 Å². The molecule has 0 saturated heterocycles. The summed E-state index contributed by atoms with van der Waals surface area (Å²) >= 11 is 5.87. The quantitative estimate of drug-likeness (QED) is 0.742. The molecule has 6 nitrogen and oxygen atoms in total. The number of nitrogens with zero attached hydrogens (tertiary/aromatic N) is 2. The molecule has 0 saturated carbocycles. The third-order valence-corrected chi connectivity index (χ3v) is 4.29. The van der Waals surface area contributed by atoms with Gasteiger partial charge in [-0.05, 0) is 43.7 Å². The van der Waals surface area contributed by atoms with Crippen LogP contribution in [-0.2, 0) is 11.2 Å². The monoisotopic (exact) mass is 360 g/mol. The molecule has 0 atom stereocenters. The highest BCUT2D eigenvalue weighted by Crippen LogP contribution is 2.19. The molecule has 1 aliphatic rings. The molecule has 1 aromatic carbocycles. The molecule has 1 aliphatic heterocycles. The molecule has 0 spiro atoms. The summed E-state index contributed by atoms with van der Waals surface area (Å²) in [4.78, 5) is 16.3. The summed E-state index contributed by atoms with van der Waals surface area (Å²) in [5.74, 6) is 1.13. The number of aryl methyl sites for hydroxylation is 1. The lowest BCUT2D eigenvalue weighted by Crippen LogP contribution is -2.29. The predicted octanol–water partition coefficient (Wildman–Crippen LogP) is 2.75. The second-order valence-corrected chi connectivity index (χ2v) is 6.40. The van der Waals surface area contributed by atoms with Gasteiger partial charge in [-0.2, -0.15) is 4.98 Å². The first-order valence-corrected chi connectivity index (χ1v) is 8.82. The standard InChI is InChI=1S/C18H21ClN4O2/c19-15-6-4-14(5-7-15)18-22-17(25-23-18)3-1-2-16(24)21-12-13-8-10-20-11-9-13/h4-8,20H,1-3,9-12H2,(H,21,24). The lowest BCUT2D eigenvalue weighted by Gasteiger charge is -2.14. The molecule has 0 unspecified atom stereocenters. The fourth-order valence-corrected chi connectivity index (χ4v) is 2.73. The van der Waals surface area contributed by atoms with E-state index in [0.717, 1.165) is 25.1 Å². The van der Waals surface area contributed by atoms with Crippen LogP contribution in [0.5, 0.6) is 0 Å². The molecule has 0 aliphatic carbocycles. The number of carbonyl (C=O) groups is 1. The van der Waals surface area contributed by atoms with E-state index < -0.39 is 0 Å². The third kappa shape index (κ3) is 5.41. The summed E-state index contributed by atoms with van der Waals surface area (Å²) in [7, 11) is 0. The molecular weight excluding hydrogens is 340 g/mol. The molecule has 0 bridgehead atoms. The van der Waals surface area contributed by atoms with Crippen molar-refractivity contribution in [3.63, 3.8) is 0 Å². The minimum absolute atomic E-state index is 0.0527. The van der Waals surface area contributed by atoms with Crippen molar-refractivity contribution >= 4 is 17.5 Å². The summed E-state index contributed by atoms with van der Waals surface area (Å²) < 4.78 is 5.24. The molecule has 25 heavy (non-hydrogen) atoms. The van der Waals surface area contributed by atoms with Gasteiger partial charge in [0.15, 0.2) is 0 Å². The number of benzene rings is 1. The van der Waals surface area contributed by atoms with Gasteiger partial charge in [-0.1, -0.05) is 28.4 Å². The van der Waals surface area contributed by atoms with Gasteiger partial charge in [0.25, 0.3) is 0 Å². The van der Waals surface area contributed by atoms with Crippen molar-refractivity contribution in [3.8, 4) is 11.4 Å². The minimum Gasteiger partial charge on any atom is -0.352 e. The van der Waals surface area contributed by atoms with E-state index >= 15 is 0 Å². The van der Waals surface area contributed by atoms with Crippen molar-refractivity contribution < 1.29 is 9.32 Å². The van der Waals surface area contributed by atoms with Crippen LogP contribution in [0.4, 0.5) is 0 Å². The fraction of sp³-hybridized carbons (Fsp3) is 0.389. The Morgan fingerprint density at radius 1 is 1.32 bits per heavy atom. The van der Waals surface area contributed by atoms with Gasteiger partial charge in [0.2, 0.25) is 17.6 Å². The molecule has 2 heterocycles. The van der Waals surface area contributed by atoms with Crippen LogP contribution in [0.25, 0.3) is 11.4 Å². The number of hydrogen-bond donors (Lipinski definition) is 2. The van der Waals surface area contributed by atoms with E-state index in [-0.39, 0.29) is 5.91 Å². The van der Waals surface area contributed by atoms with Crippen LogP contribution < -0.4 is 10.6 Å². The van der Waals surface area contributed by atoms with E-state index in [9.17, 15) is 4.79 Å². The average Bonchev–Trinajstić information content (AvgIpc) is 3.10. The smallest absolute Gasteiger partial charge is 0.226 e. The fourth-order valence-electron chi connectivity index (χ4n) is 2.60. The maximum absolute atomic E-state index is 11.9. The SMILES string of the molecule is O=C(CCCc1nc(-c2ccc(Cl)cc2)no1)NCC1=CCNCC1. The van der Waals surface area contributed by atoms with E-state index in [1.165, 1.54) is 5.57 Å². The van der Waals surface area contributed by atoms with Crippen molar-refractivity contribution in [2.45, 2.75) is 25.7 Å². The maximum Gasteiger partial charge on any atom is 0.226 e. The molecule has 132 valence electrons. The van der Waals surface area contributed by atoms with Crippen LogP contribution in [0, 0.1) is 0 Å². The van der Waals surface area contributed by atoms with E-state index in [1.807, 2.05) is 12.1 Å². The number of hydrogen-bond acceptors (Lipinski definition) is 5. The Morgan fingerprint density at radius 2 is 2.16 bits per heavy atom. The second-order valence-electron chi connectivity index (χ2n) is 5.97. The number of aromatic nitrogens is 2. The van der Waals surface area contributed by atoms with Crippen molar-refractivity contribution in [2.75, 3.05) is 19.6 Å². The average molecular weight is 361 g/mol. The number of nitrogens with one attached hydrogen (secondary N) is 2. The van der Waals surface area contributed by atoms with E-state index in [2.05, 4.69) is 26.9 Å². The zero-order valence-electron chi connectivity index (χ0n) is 13.9. The molecular formula is C18H21ClN4O2. The Kier molecular flexibility index (Phi) is 6.19. The van der Waals surface area contributed by atoms with Crippen LogP contribution in [0.2, 0.25) is 5.02 Å². The Bertz CT molecular complexity index is 740. The van der Waals surface area contributed by atoms with Gasteiger partial charge < -0.3 is 15.2 Å². The second kappa shape index (κ2) is 8.78. The lowest BCUT2D eigenvalue weighted by molar-refractivity contribution is -0.121. The van der Waals surface area contributed by atoms with Crippen LogP contribution in [-0.4, -0.2) is 35.7 Å². The first-order chi connectivity index (χ1) is 12.2. The van der Waals surface area contributed by atoms with Crippen molar-refractivity contribution in [1.29, 1.82) is 0 Å². The predicted molar refractivity (Wildman–Crippen MR) is 96.3 cm³/mol. The number of halogens is 1. The first-order valence-electron chi connectivity index (χ1n) is 8.44. The van der Waals surface area contributed by atoms with E-state index in [1.54, 1.807) is 12.1 Å². The molecule has 1 amide bonds. The topological polar surface area (TPSA) is 80.0 Å². The Balaban J connectivity index is 1.41. The molecule has 2 N–H and O–H groups in total. The molecule has 7 heteroatoms. The molecule has 0 fully saturated rings. The summed E-state index contributed by atoms with van der Waals surface area (Å²) in [6.45, 7) is 2.51. The van der Waals surface area contributed by atoms with Gasteiger partial charge in [0.1, 0.15) is 0 Å². The maximum atomic E-state index is 11.9. The van der Waals surface area contributed by atoms with Crippen molar-refractivity contribution in [2.24, 2.45) is 0 Å². The van der Waals surface area contributed by atoms with E-state index in [4.69, 9.17) is 16.1 Å². The van der Waals surface area contributed by atoms with E-state index in [0.29, 0.717) is 42.5 Å². The van der Waals surface area contributed by atoms with Gasteiger partial charge in [-0.15, -0.1) is 0 Å². The highest BCUT2D eigenvalue weighted by Gasteiger charge is 2.10. The highest BCUT2D eigenvalue weighted by molar-refractivity contribution is 6.30. The van der Waals surface area contributed by atoms with Crippen molar-refractivity contribution in [3.05, 3.63) is 46.8 Å². The van der Waals surface area contributed by atoms with Crippen LogP contribution in [0.3, 0.4) is 0 Å². The lowest BCUT2D eigenvalue weighted by atomic mass is 10.1. The van der Waals surface area contributed by atoms with Gasteiger partial charge in [-0.25, -0.2) is 0 Å². The molecule has 2 aromatic rings. The van der Waals surface area contributed by atoms with Crippen LogP contribution in [0.1, 0.15) is 25.2 Å². The van der Waals surface area contributed by atoms with Crippen molar-refractivity contribution in [1.82, 2.24) is 20.8 Å². The molecule has 3 rings (SSSR count). The van der Waals surface area contributed by atoms with Gasteiger partial charge >= 0.3 is 0 Å². The highest BCUT2D eigenvalue weighted by atomic mass is 35.5. The Hall–Kier alpha value is -2.18. The zero-order chi connectivity index (χ0) is 17.5. The zero-order valence-corrected chi connectivity index (χ0v) is 14.7. The summed E-state index contributed by atoms with van der Waals surface area (Å²) in [5, 5.41) is 10.8.